The molecule has 0 aromatic heterocycles. The average molecular weight is 239 g/mol. The lowest BCUT2D eigenvalue weighted by atomic mass is 10.0. The van der Waals surface area contributed by atoms with Gasteiger partial charge in [0.15, 0.2) is 0 Å². The monoisotopic (exact) mass is 239 g/mol. The molecule has 17 heavy (non-hydrogen) atoms. The molecular weight excluding hydrogens is 218 g/mol. The second kappa shape index (κ2) is 5.49. The molecule has 0 spiro atoms. The molecule has 96 valence electrons. The lowest BCUT2D eigenvalue weighted by Gasteiger charge is -2.42. The summed E-state index contributed by atoms with van der Waals surface area (Å²) in [5, 5.41) is 0. The Morgan fingerprint density at radius 1 is 1.06 bits per heavy atom. The molecule has 0 aliphatic carbocycles. The van der Waals surface area contributed by atoms with Crippen LogP contribution in [0.25, 0.3) is 0 Å². The molecule has 2 aliphatic heterocycles. The van der Waals surface area contributed by atoms with Crippen molar-refractivity contribution in [3.05, 3.63) is 0 Å². The van der Waals surface area contributed by atoms with Crippen molar-refractivity contribution < 1.29 is 9.59 Å². The molecule has 0 bridgehead atoms. The summed E-state index contributed by atoms with van der Waals surface area (Å²) >= 11 is 0. The topological polar surface area (TPSA) is 43.9 Å². The highest BCUT2D eigenvalue weighted by Crippen LogP contribution is 2.17. The minimum absolute atomic E-state index is 0.181. The van der Waals surface area contributed by atoms with Crippen molar-refractivity contribution in [2.24, 2.45) is 0 Å². The highest BCUT2D eigenvalue weighted by Gasteiger charge is 2.27. The van der Waals surface area contributed by atoms with Crippen LogP contribution < -0.4 is 0 Å². The van der Waals surface area contributed by atoms with E-state index in [1.807, 2.05) is 9.80 Å². The number of likely N-dealkylation sites (tertiary alicyclic amines) is 1. The third kappa shape index (κ3) is 2.97. The van der Waals surface area contributed by atoms with Gasteiger partial charge < -0.3 is 9.80 Å². The van der Waals surface area contributed by atoms with Crippen LogP contribution in [0, 0.1) is 0 Å². The molecule has 2 rings (SSSR count). The highest BCUT2D eigenvalue weighted by atomic mass is 16.2. The number of nitrogens with zero attached hydrogens (tertiary/aromatic N) is 3. The Hall–Kier alpha value is -1.10. The van der Waals surface area contributed by atoms with Gasteiger partial charge in [-0.1, -0.05) is 0 Å². The predicted molar refractivity (Wildman–Crippen MR) is 64.5 cm³/mol. The first kappa shape index (κ1) is 12.4. The smallest absolute Gasteiger partial charge is 0.219 e. The maximum atomic E-state index is 11.2. The standard InChI is InChI=1S/C12H21N3O2/c1-11(17)14-6-8-15(9-7-14)12-2-4-13(10-16)5-3-12/h10,12H,2-9H2,1H3. The number of carbonyl (C=O) groups is 2. The molecule has 2 heterocycles. The summed E-state index contributed by atoms with van der Waals surface area (Å²) in [5.41, 5.74) is 0. The van der Waals surface area contributed by atoms with Gasteiger partial charge in [0.05, 0.1) is 0 Å². The summed E-state index contributed by atoms with van der Waals surface area (Å²) in [6, 6.07) is 0.598. The van der Waals surface area contributed by atoms with Gasteiger partial charge in [-0.15, -0.1) is 0 Å². The Labute approximate surface area is 102 Å². The lowest BCUT2D eigenvalue weighted by Crippen LogP contribution is -2.53. The number of amides is 2. The van der Waals surface area contributed by atoms with E-state index < -0.39 is 0 Å². The highest BCUT2D eigenvalue weighted by molar-refractivity contribution is 5.73. The van der Waals surface area contributed by atoms with E-state index in [9.17, 15) is 9.59 Å². The van der Waals surface area contributed by atoms with Crippen molar-refractivity contribution in [1.29, 1.82) is 0 Å². The van der Waals surface area contributed by atoms with Crippen LogP contribution >= 0.6 is 0 Å². The molecule has 5 heteroatoms. The third-order valence-corrected chi connectivity index (χ3v) is 3.92. The summed E-state index contributed by atoms with van der Waals surface area (Å²) in [7, 11) is 0. The number of piperidine rings is 1. The first-order valence-electron chi connectivity index (χ1n) is 6.39. The van der Waals surface area contributed by atoms with Crippen LogP contribution in [0.2, 0.25) is 0 Å². The van der Waals surface area contributed by atoms with E-state index in [0.29, 0.717) is 6.04 Å². The van der Waals surface area contributed by atoms with Crippen LogP contribution in [0.4, 0.5) is 0 Å². The molecule has 0 radical (unpaired) electrons. The van der Waals surface area contributed by atoms with Gasteiger partial charge in [0, 0.05) is 52.2 Å². The summed E-state index contributed by atoms with van der Waals surface area (Å²) < 4.78 is 0. The molecule has 0 saturated carbocycles. The van der Waals surface area contributed by atoms with Gasteiger partial charge in [-0.25, -0.2) is 0 Å². The summed E-state index contributed by atoms with van der Waals surface area (Å²) in [4.78, 5) is 28.1. The van der Waals surface area contributed by atoms with E-state index in [2.05, 4.69) is 4.90 Å². The number of piperazine rings is 1. The van der Waals surface area contributed by atoms with Crippen LogP contribution in [0.15, 0.2) is 0 Å². The molecule has 0 aromatic carbocycles. The molecule has 2 fully saturated rings. The molecule has 0 atom stereocenters. The minimum Gasteiger partial charge on any atom is -0.345 e. The van der Waals surface area contributed by atoms with Crippen molar-refractivity contribution in [3.8, 4) is 0 Å². The Morgan fingerprint density at radius 3 is 2.12 bits per heavy atom. The third-order valence-electron chi connectivity index (χ3n) is 3.92. The molecule has 0 unspecified atom stereocenters. The van der Waals surface area contributed by atoms with E-state index in [-0.39, 0.29) is 5.91 Å². The average Bonchev–Trinajstić information content (AvgIpc) is 2.39. The number of carbonyl (C=O) groups excluding carboxylic acids is 2. The van der Waals surface area contributed by atoms with E-state index in [1.54, 1.807) is 6.92 Å². The molecule has 5 nitrogen and oxygen atoms in total. The van der Waals surface area contributed by atoms with E-state index in [4.69, 9.17) is 0 Å². The minimum atomic E-state index is 0.181. The fourth-order valence-corrected chi connectivity index (χ4v) is 2.76. The van der Waals surface area contributed by atoms with E-state index in [1.165, 1.54) is 0 Å². The van der Waals surface area contributed by atoms with Crippen molar-refractivity contribution in [2.45, 2.75) is 25.8 Å². The molecule has 2 saturated heterocycles. The quantitative estimate of drug-likeness (QED) is 0.625. The summed E-state index contributed by atoms with van der Waals surface area (Å²) in [6.45, 7) is 7.05. The Bertz CT molecular complexity index is 279. The molecular formula is C12H21N3O2. The van der Waals surface area contributed by atoms with E-state index >= 15 is 0 Å². The normalized spacial score (nSPS) is 23.8. The zero-order valence-electron chi connectivity index (χ0n) is 10.5. The molecule has 0 N–H and O–H groups in total. The van der Waals surface area contributed by atoms with Crippen LogP contribution in [0.5, 0.6) is 0 Å². The van der Waals surface area contributed by atoms with Crippen LogP contribution in [0.3, 0.4) is 0 Å². The van der Waals surface area contributed by atoms with Gasteiger partial charge >= 0.3 is 0 Å². The largest absolute Gasteiger partial charge is 0.345 e. The SMILES string of the molecule is CC(=O)N1CCN(C2CCN(C=O)CC2)CC1. The van der Waals surface area contributed by atoms with Crippen LogP contribution in [-0.2, 0) is 9.59 Å². The van der Waals surface area contributed by atoms with Gasteiger partial charge in [0.1, 0.15) is 0 Å². The van der Waals surface area contributed by atoms with Crippen LogP contribution in [-0.4, -0.2) is 72.3 Å². The number of hydrogen-bond donors (Lipinski definition) is 0. The maximum Gasteiger partial charge on any atom is 0.219 e. The predicted octanol–water partition coefficient (Wildman–Crippen LogP) is -0.229. The Morgan fingerprint density at radius 2 is 1.65 bits per heavy atom. The molecule has 0 aromatic rings. The second-order valence-corrected chi connectivity index (χ2v) is 4.91. The van der Waals surface area contributed by atoms with Gasteiger partial charge in [-0.2, -0.15) is 0 Å². The lowest BCUT2D eigenvalue weighted by molar-refractivity contribution is -0.131. The Kier molecular flexibility index (Phi) is 3.99. The van der Waals surface area contributed by atoms with Crippen molar-refractivity contribution in [2.75, 3.05) is 39.3 Å². The fourth-order valence-electron chi connectivity index (χ4n) is 2.76. The van der Waals surface area contributed by atoms with Gasteiger partial charge in [0.25, 0.3) is 0 Å². The first-order valence-corrected chi connectivity index (χ1v) is 6.39. The number of rotatable bonds is 2. The zero-order valence-corrected chi connectivity index (χ0v) is 10.5. The number of hydrogen-bond acceptors (Lipinski definition) is 3. The first-order chi connectivity index (χ1) is 8.20. The van der Waals surface area contributed by atoms with Gasteiger partial charge in [-0.05, 0) is 12.8 Å². The molecule has 2 amide bonds. The van der Waals surface area contributed by atoms with Crippen molar-refractivity contribution in [3.63, 3.8) is 0 Å². The van der Waals surface area contributed by atoms with Crippen molar-refractivity contribution >= 4 is 12.3 Å². The Balaban J connectivity index is 1.78. The zero-order chi connectivity index (χ0) is 12.3. The van der Waals surface area contributed by atoms with Gasteiger partial charge in [-0.3, -0.25) is 14.5 Å². The van der Waals surface area contributed by atoms with Crippen LogP contribution in [0.1, 0.15) is 19.8 Å². The van der Waals surface area contributed by atoms with E-state index in [0.717, 1.165) is 58.5 Å². The van der Waals surface area contributed by atoms with Crippen molar-refractivity contribution in [1.82, 2.24) is 14.7 Å². The molecule has 2 aliphatic rings. The summed E-state index contributed by atoms with van der Waals surface area (Å²) in [5.74, 6) is 0.181. The second-order valence-electron chi connectivity index (χ2n) is 4.91. The fraction of sp³-hybridized carbons (Fsp3) is 0.833. The van der Waals surface area contributed by atoms with Gasteiger partial charge in [0.2, 0.25) is 12.3 Å². The summed E-state index contributed by atoms with van der Waals surface area (Å²) in [6.07, 6.45) is 3.08. The maximum absolute atomic E-state index is 11.2.